The average molecular weight is 412 g/mol. The molecule has 4 rings (SSSR count). The van der Waals surface area contributed by atoms with Gasteiger partial charge in [-0.3, -0.25) is 0 Å². The van der Waals surface area contributed by atoms with E-state index in [2.05, 4.69) is 31.8 Å². The predicted molar refractivity (Wildman–Crippen MR) is 110 cm³/mol. The molecule has 0 saturated heterocycles. The molecule has 0 atom stereocenters. The third kappa shape index (κ3) is 3.95. The first-order chi connectivity index (χ1) is 13.6. The first-order valence-electron chi connectivity index (χ1n) is 8.85. The van der Waals surface area contributed by atoms with Gasteiger partial charge in [-0.25, -0.2) is 0 Å². The number of thioether (sulfide) groups is 1. The minimum absolute atomic E-state index is 0.525. The summed E-state index contributed by atoms with van der Waals surface area (Å²) in [5.41, 5.74) is 3.08. The summed E-state index contributed by atoms with van der Waals surface area (Å²) in [4.78, 5) is 4.50. The maximum atomic E-state index is 5.98. The molecule has 2 aromatic heterocycles. The Labute approximate surface area is 172 Å². The van der Waals surface area contributed by atoms with Crippen LogP contribution >= 0.6 is 23.4 Å². The molecule has 0 aliphatic rings. The molecule has 8 heteroatoms. The van der Waals surface area contributed by atoms with Gasteiger partial charge in [0.2, 0.25) is 11.7 Å². The lowest BCUT2D eigenvalue weighted by Gasteiger charge is -2.06. The van der Waals surface area contributed by atoms with Gasteiger partial charge in [-0.1, -0.05) is 52.3 Å². The van der Waals surface area contributed by atoms with Crippen LogP contribution < -0.4 is 0 Å². The predicted octanol–water partition coefficient (Wildman–Crippen LogP) is 5.27. The zero-order valence-electron chi connectivity index (χ0n) is 15.5. The summed E-state index contributed by atoms with van der Waals surface area (Å²) in [5.74, 6) is 2.49. The highest BCUT2D eigenvalue weighted by Crippen LogP contribution is 2.27. The fraction of sp³-hybridized carbons (Fsp3) is 0.200. The van der Waals surface area contributed by atoms with Crippen molar-refractivity contribution in [2.24, 2.45) is 0 Å². The summed E-state index contributed by atoms with van der Waals surface area (Å²) in [6.45, 7) is 4.86. The Bertz CT molecular complexity index is 1090. The molecule has 0 N–H and O–H groups in total. The van der Waals surface area contributed by atoms with E-state index >= 15 is 0 Å². The van der Waals surface area contributed by atoms with Gasteiger partial charge in [0, 0.05) is 22.7 Å². The van der Waals surface area contributed by atoms with E-state index in [1.54, 1.807) is 0 Å². The summed E-state index contributed by atoms with van der Waals surface area (Å²) in [5, 5.41) is 14.3. The molecule has 0 aliphatic carbocycles. The number of aryl methyl sites for hydroxylation is 1. The Hall–Kier alpha value is -2.64. The highest BCUT2D eigenvalue weighted by molar-refractivity contribution is 7.98. The van der Waals surface area contributed by atoms with Crippen LogP contribution in [0.2, 0.25) is 5.02 Å². The molecule has 0 saturated carbocycles. The molecule has 6 nitrogen and oxygen atoms in total. The number of rotatable bonds is 6. The van der Waals surface area contributed by atoms with E-state index in [4.69, 9.17) is 16.1 Å². The lowest BCUT2D eigenvalue weighted by atomic mass is 10.1. The van der Waals surface area contributed by atoms with Crippen molar-refractivity contribution in [3.63, 3.8) is 0 Å². The van der Waals surface area contributed by atoms with Crippen LogP contribution in [0.5, 0.6) is 0 Å². The van der Waals surface area contributed by atoms with Gasteiger partial charge in [0.1, 0.15) is 0 Å². The Kier molecular flexibility index (Phi) is 5.45. The van der Waals surface area contributed by atoms with Crippen LogP contribution in [0, 0.1) is 6.92 Å². The molecule has 142 valence electrons. The Balaban J connectivity index is 1.50. The highest BCUT2D eigenvalue weighted by atomic mass is 35.5. The van der Waals surface area contributed by atoms with Crippen LogP contribution in [-0.2, 0) is 12.3 Å². The molecule has 0 unspecified atom stereocenters. The van der Waals surface area contributed by atoms with E-state index in [1.807, 2.05) is 55.5 Å². The first kappa shape index (κ1) is 18.7. The Morgan fingerprint density at radius 2 is 1.89 bits per heavy atom. The molecule has 2 heterocycles. The largest absolute Gasteiger partial charge is 0.338 e. The third-order valence-corrected chi connectivity index (χ3v) is 5.41. The average Bonchev–Trinajstić information content (AvgIpc) is 3.34. The van der Waals surface area contributed by atoms with Gasteiger partial charge >= 0.3 is 0 Å². The lowest BCUT2D eigenvalue weighted by Crippen LogP contribution is -1.99. The van der Waals surface area contributed by atoms with Crippen LogP contribution in [-0.4, -0.2) is 24.9 Å². The maximum Gasteiger partial charge on any atom is 0.237 e. The van der Waals surface area contributed by atoms with E-state index in [9.17, 15) is 0 Å². The standard InChI is InChI=1S/C20H18ClN5OS/c1-3-26-19(14-7-9-16(21)10-8-14)23-24-20(26)28-12-17-22-18(25-27-17)15-6-4-5-13(2)11-15/h4-11H,3,12H2,1-2H3. The second kappa shape index (κ2) is 8.16. The Morgan fingerprint density at radius 1 is 1.07 bits per heavy atom. The fourth-order valence-electron chi connectivity index (χ4n) is 2.83. The van der Waals surface area contributed by atoms with E-state index in [-0.39, 0.29) is 0 Å². The molecule has 0 fully saturated rings. The van der Waals surface area contributed by atoms with Gasteiger partial charge in [0.05, 0.1) is 5.75 Å². The highest BCUT2D eigenvalue weighted by Gasteiger charge is 2.15. The van der Waals surface area contributed by atoms with Gasteiger partial charge in [0.15, 0.2) is 11.0 Å². The molecule has 4 aromatic rings. The van der Waals surface area contributed by atoms with E-state index in [1.165, 1.54) is 11.8 Å². The number of nitrogens with zero attached hydrogens (tertiary/aromatic N) is 5. The fourth-order valence-corrected chi connectivity index (χ4v) is 3.80. The van der Waals surface area contributed by atoms with Crippen molar-refractivity contribution in [2.75, 3.05) is 0 Å². The summed E-state index contributed by atoms with van der Waals surface area (Å²) in [7, 11) is 0. The monoisotopic (exact) mass is 411 g/mol. The number of halogens is 1. The molecular weight excluding hydrogens is 394 g/mol. The summed E-state index contributed by atoms with van der Waals surface area (Å²) in [6.07, 6.45) is 0. The minimum Gasteiger partial charge on any atom is -0.338 e. The zero-order valence-corrected chi connectivity index (χ0v) is 17.0. The second-order valence-corrected chi connectivity index (χ2v) is 7.61. The topological polar surface area (TPSA) is 69.6 Å². The van der Waals surface area contributed by atoms with Gasteiger partial charge in [0.25, 0.3) is 0 Å². The summed E-state index contributed by atoms with van der Waals surface area (Å²) >= 11 is 7.50. The van der Waals surface area contributed by atoms with Crippen molar-refractivity contribution < 1.29 is 4.52 Å². The molecule has 0 aliphatic heterocycles. The van der Waals surface area contributed by atoms with Crippen LogP contribution in [0.15, 0.2) is 58.2 Å². The molecule has 0 radical (unpaired) electrons. The van der Waals surface area contributed by atoms with Crippen molar-refractivity contribution in [2.45, 2.75) is 31.3 Å². The van der Waals surface area contributed by atoms with Crippen molar-refractivity contribution in [3.05, 3.63) is 65.0 Å². The van der Waals surface area contributed by atoms with Crippen LogP contribution in [0.4, 0.5) is 0 Å². The van der Waals surface area contributed by atoms with Crippen molar-refractivity contribution in [1.29, 1.82) is 0 Å². The van der Waals surface area contributed by atoms with Gasteiger partial charge < -0.3 is 9.09 Å². The normalized spacial score (nSPS) is 11.1. The van der Waals surface area contributed by atoms with Gasteiger partial charge in [-0.15, -0.1) is 10.2 Å². The van der Waals surface area contributed by atoms with Crippen LogP contribution in [0.1, 0.15) is 18.4 Å². The summed E-state index contributed by atoms with van der Waals surface area (Å²) in [6, 6.07) is 15.6. The lowest BCUT2D eigenvalue weighted by molar-refractivity contribution is 0.391. The third-order valence-electron chi connectivity index (χ3n) is 4.20. The number of benzene rings is 2. The molecule has 2 aromatic carbocycles. The maximum absolute atomic E-state index is 5.98. The SMILES string of the molecule is CCn1c(SCc2nc(-c3cccc(C)c3)no2)nnc1-c1ccc(Cl)cc1. The first-order valence-corrected chi connectivity index (χ1v) is 10.2. The molecule has 0 amide bonds. The van der Waals surface area contributed by atoms with E-state index in [0.717, 1.165) is 34.2 Å². The van der Waals surface area contributed by atoms with Crippen molar-refractivity contribution in [3.8, 4) is 22.8 Å². The number of hydrogen-bond donors (Lipinski definition) is 0. The number of aromatic nitrogens is 5. The minimum atomic E-state index is 0.525. The van der Waals surface area contributed by atoms with Crippen LogP contribution in [0.25, 0.3) is 22.8 Å². The zero-order chi connectivity index (χ0) is 19.5. The number of hydrogen-bond acceptors (Lipinski definition) is 6. The molecule has 28 heavy (non-hydrogen) atoms. The Morgan fingerprint density at radius 3 is 2.64 bits per heavy atom. The van der Waals surface area contributed by atoms with Crippen molar-refractivity contribution in [1.82, 2.24) is 24.9 Å². The molecule has 0 spiro atoms. The smallest absolute Gasteiger partial charge is 0.237 e. The van der Waals surface area contributed by atoms with Gasteiger partial charge in [-0.05, 0) is 44.2 Å². The molecular formula is C20H18ClN5OS. The summed E-state index contributed by atoms with van der Waals surface area (Å²) < 4.78 is 7.47. The second-order valence-electron chi connectivity index (χ2n) is 6.23. The molecule has 0 bridgehead atoms. The van der Waals surface area contributed by atoms with Crippen molar-refractivity contribution >= 4 is 23.4 Å². The van der Waals surface area contributed by atoms with E-state index in [0.29, 0.717) is 22.5 Å². The van der Waals surface area contributed by atoms with E-state index < -0.39 is 0 Å². The van der Waals surface area contributed by atoms with Gasteiger partial charge in [-0.2, -0.15) is 4.98 Å². The van der Waals surface area contributed by atoms with Crippen LogP contribution in [0.3, 0.4) is 0 Å². The quantitative estimate of drug-likeness (QED) is 0.402.